The monoisotopic (exact) mass is 354 g/mol. The molecule has 2 rings (SSSR count). The van der Waals surface area contributed by atoms with Crippen LogP contribution in [-0.4, -0.2) is 44.3 Å². The van der Waals surface area contributed by atoms with Crippen LogP contribution in [0.2, 0.25) is 0 Å². The SMILES string of the molecule is CC1CC=CC(C(=O)O)C1C(=O)O.O=C(O)C1C=CCCC1C(=O)O. The van der Waals surface area contributed by atoms with Crippen LogP contribution in [0.1, 0.15) is 26.2 Å². The number of rotatable bonds is 4. The van der Waals surface area contributed by atoms with E-state index in [1.54, 1.807) is 19.1 Å². The van der Waals surface area contributed by atoms with Crippen molar-refractivity contribution in [3.63, 3.8) is 0 Å². The highest BCUT2D eigenvalue weighted by atomic mass is 16.4. The van der Waals surface area contributed by atoms with Gasteiger partial charge in [0.1, 0.15) is 0 Å². The topological polar surface area (TPSA) is 149 Å². The minimum absolute atomic E-state index is 0.108. The van der Waals surface area contributed by atoms with Crippen molar-refractivity contribution in [1.82, 2.24) is 0 Å². The summed E-state index contributed by atoms with van der Waals surface area (Å²) >= 11 is 0. The normalized spacial score (nSPS) is 30.7. The summed E-state index contributed by atoms with van der Waals surface area (Å²) in [5.74, 6) is -7.54. The molecule has 0 heterocycles. The van der Waals surface area contributed by atoms with Gasteiger partial charge in [-0.05, 0) is 25.2 Å². The van der Waals surface area contributed by atoms with Crippen LogP contribution in [0.4, 0.5) is 0 Å². The van der Waals surface area contributed by atoms with E-state index in [-0.39, 0.29) is 5.92 Å². The van der Waals surface area contributed by atoms with Gasteiger partial charge in [0.25, 0.3) is 0 Å². The fourth-order valence-corrected chi connectivity index (χ4v) is 3.06. The number of hydrogen-bond donors (Lipinski definition) is 4. The van der Waals surface area contributed by atoms with Gasteiger partial charge in [0.05, 0.1) is 23.7 Å². The molecule has 0 aromatic heterocycles. The van der Waals surface area contributed by atoms with E-state index >= 15 is 0 Å². The van der Waals surface area contributed by atoms with Crippen molar-refractivity contribution in [2.75, 3.05) is 0 Å². The van der Waals surface area contributed by atoms with E-state index in [4.69, 9.17) is 20.4 Å². The van der Waals surface area contributed by atoms with Gasteiger partial charge in [0.2, 0.25) is 0 Å². The first-order valence-corrected chi connectivity index (χ1v) is 7.91. The first-order valence-electron chi connectivity index (χ1n) is 7.91. The molecule has 138 valence electrons. The molecular formula is C17H22O8. The van der Waals surface area contributed by atoms with Gasteiger partial charge in [-0.2, -0.15) is 0 Å². The Morgan fingerprint density at radius 3 is 1.76 bits per heavy atom. The van der Waals surface area contributed by atoms with Crippen LogP contribution in [-0.2, 0) is 19.2 Å². The predicted molar refractivity (Wildman–Crippen MR) is 85.8 cm³/mol. The third kappa shape index (κ3) is 5.44. The quantitative estimate of drug-likeness (QED) is 0.557. The summed E-state index contributed by atoms with van der Waals surface area (Å²) in [7, 11) is 0. The predicted octanol–water partition coefficient (Wildman–Crippen LogP) is 1.72. The Morgan fingerprint density at radius 1 is 0.800 bits per heavy atom. The number of hydrogen-bond acceptors (Lipinski definition) is 4. The average Bonchev–Trinajstić information content (AvgIpc) is 2.54. The van der Waals surface area contributed by atoms with E-state index in [1.807, 2.05) is 0 Å². The number of aliphatic carboxylic acids is 4. The molecule has 8 heteroatoms. The molecule has 2 aliphatic carbocycles. The molecule has 2 aliphatic rings. The summed E-state index contributed by atoms with van der Waals surface area (Å²) in [6.45, 7) is 1.76. The maximum absolute atomic E-state index is 10.8. The fraction of sp³-hybridized carbons (Fsp3) is 0.529. The fourth-order valence-electron chi connectivity index (χ4n) is 3.06. The Hall–Kier alpha value is -2.64. The van der Waals surface area contributed by atoms with Crippen molar-refractivity contribution in [2.24, 2.45) is 29.6 Å². The first-order chi connectivity index (χ1) is 11.7. The van der Waals surface area contributed by atoms with Crippen molar-refractivity contribution < 1.29 is 39.6 Å². The third-order valence-corrected chi connectivity index (χ3v) is 4.45. The second-order valence-corrected chi connectivity index (χ2v) is 6.18. The van der Waals surface area contributed by atoms with Gasteiger partial charge in [-0.15, -0.1) is 0 Å². The maximum Gasteiger partial charge on any atom is 0.311 e. The molecule has 25 heavy (non-hydrogen) atoms. The highest BCUT2D eigenvalue weighted by Gasteiger charge is 2.37. The zero-order chi connectivity index (χ0) is 19.1. The van der Waals surface area contributed by atoms with E-state index in [2.05, 4.69) is 0 Å². The summed E-state index contributed by atoms with van der Waals surface area (Å²) in [6, 6.07) is 0. The summed E-state index contributed by atoms with van der Waals surface area (Å²) in [6.07, 6.45) is 8.11. The van der Waals surface area contributed by atoms with Gasteiger partial charge in [0, 0.05) is 0 Å². The van der Waals surface area contributed by atoms with Gasteiger partial charge >= 0.3 is 23.9 Å². The van der Waals surface area contributed by atoms with Gasteiger partial charge in [-0.1, -0.05) is 31.2 Å². The molecule has 0 radical (unpaired) electrons. The molecule has 0 aromatic carbocycles. The van der Waals surface area contributed by atoms with Crippen LogP contribution < -0.4 is 0 Å². The second-order valence-electron chi connectivity index (χ2n) is 6.18. The molecule has 0 fully saturated rings. The van der Waals surface area contributed by atoms with Gasteiger partial charge < -0.3 is 20.4 Å². The van der Waals surface area contributed by atoms with Gasteiger partial charge in [0.15, 0.2) is 0 Å². The van der Waals surface area contributed by atoms with Crippen molar-refractivity contribution in [3.05, 3.63) is 24.3 Å². The Kier molecular flexibility index (Phi) is 7.35. The Labute approximate surface area is 144 Å². The molecule has 0 aromatic rings. The lowest BCUT2D eigenvalue weighted by Crippen LogP contribution is -2.35. The van der Waals surface area contributed by atoms with Gasteiger partial charge in [-0.25, -0.2) is 0 Å². The van der Waals surface area contributed by atoms with Gasteiger partial charge in [-0.3, -0.25) is 19.2 Å². The molecule has 0 bridgehead atoms. The van der Waals surface area contributed by atoms with E-state index in [1.165, 1.54) is 12.2 Å². The minimum Gasteiger partial charge on any atom is -0.481 e. The third-order valence-electron chi connectivity index (χ3n) is 4.45. The summed E-state index contributed by atoms with van der Waals surface area (Å²) in [5.41, 5.74) is 0. The van der Waals surface area contributed by atoms with Crippen molar-refractivity contribution in [2.45, 2.75) is 26.2 Å². The van der Waals surface area contributed by atoms with Crippen molar-refractivity contribution in [1.29, 1.82) is 0 Å². The standard InChI is InChI=1S/C9H12O4.C8H10O4/c1-5-3-2-4-6(8(10)11)7(5)9(12)13;9-7(10)5-3-1-2-4-6(5)8(11)12/h2,4-7H,3H2,1H3,(H,10,11)(H,12,13);1,3,5-6H,2,4H2,(H,9,10)(H,11,12). The number of carboxylic acid groups (broad SMARTS) is 4. The maximum atomic E-state index is 10.8. The summed E-state index contributed by atoms with van der Waals surface area (Å²) in [4.78, 5) is 42.6. The Bertz CT molecular complexity index is 591. The van der Waals surface area contributed by atoms with Crippen LogP contribution >= 0.6 is 0 Å². The molecule has 0 amide bonds. The number of carboxylic acids is 4. The van der Waals surface area contributed by atoms with E-state index in [0.717, 1.165) is 0 Å². The van der Waals surface area contributed by atoms with Crippen LogP contribution in [0.5, 0.6) is 0 Å². The molecule has 5 atom stereocenters. The van der Waals surface area contributed by atoms with Crippen molar-refractivity contribution >= 4 is 23.9 Å². The lowest BCUT2D eigenvalue weighted by Gasteiger charge is -2.26. The molecule has 5 unspecified atom stereocenters. The van der Waals surface area contributed by atoms with Crippen LogP contribution in [0.25, 0.3) is 0 Å². The number of allylic oxidation sites excluding steroid dienone is 2. The van der Waals surface area contributed by atoms with E-state index in [9.17, 15) is 19.2 Å². The highest BCUT2D eigenvalue weighted by Crippen LogP contribution is 2.30. The molecule has 0 spiro atoms. The zero-order valence-corrected chi connectivity index (χ0v) is 13.7. The van der Waals surface area contributed by atoms with Crippen LogP contribution in [0.3, 0.4) is 0 Å². The summed E-state index contributed by atoms with van der Waals surface area (Å²) in [5, 5.41) is 34.9. The molecular weight excluding hydrogens is 332 g/mol. The first kappa shape index (κ1) is 20.4. The molecule has 0 aliphatic heterocycles. The van der Waals surface area contributed by atoms with Crippen molar-refractivity contribution in [3.8, 4) is 0 Å². The summed E-state index contributed by atoms with van der Waals surface area (Å²) < 4.78 is 0. The Morgan fingerprint density at radius 2 is 1.36 bits per heavy atom. The lowest BCUT2D eigenvalue weighted by atomic mass is 9.77. The smallest absolute Gasteiger partial charge is 0.311 e. The average molecular weight is 354 g/mol. The minimum atomic E-state index is -1.06. The second kappa shape index (κ2) is 9.00. The van der Waals surface area contributed by atoms with E-state index in [0.29, 0.717) is 19.3 Å². The molecule has 8 nitrogen and oxygen atoms in total. The van der Waals surface area contributed by atoms with E-state index < -0.39 is 47.5 Å². The molecule has 4 N–H and O–H groups in total. The largest absolute Gasteiger partial charge is 0.481 e. The van der Waals surface area contributed by atoms with Crippen LogP contribution in [0, 0.1) is 29.6 Å². The number of carbonyl (C=O) groups is 4. The molecule has 0 saturated carbocycles. The lowest BCUT2D eigenvalue weighted by molar-refractivity contribution is -0.154. The highest BCUT2D eigenvalue weighted by molar-refractivity contribution is 5.82. The zero-order valence-electron chi connectivity index (χ0n) is 13.7. The molecule has 0 saturated heterocycles. The van der Waals surface area contributed by atoms with Crippen LogP contribution in [0.15, 0.2) is 24.3 Å². The Balaban J connectivity index is 0.000000251.